The molecule has 0 bridgehead atoms. The van der Waals surface area contributed by atoms with Gasteiger partial charge in [0.1, 0.15) is 0 Å². The minimum atomic E-state index is -4.09. The highest BCUT2D eigenvalue weighted by Crippen LogP contribution is 2.26. The monoisotopic (exact) mass is 318 g/mol. The van der Waals surface area contributed by atoms with Gasteiger partial charge in [-0.1, -0.05) is 17.7 Å². The van der Waals surface area contributed by atoms with Crippen LogP contribution in [0.3, 0.4) is 0 Å². The minimum Gasteiger partial charge on any atom is -0.284 e. The van der Waals surface area contributed by atoms with Crippen molar-refractivity contribution >= 4 is 15.7 Å². The summed E-state index contributed by atoms with van der Waals surface area (Å²) in [6.45, 7) is 1.26. The van der Waals surface area contributed by atoms with E-state index >= 15 is 0 Å². The van der Waals surface area contributed by atoms with E-state index in [1.54, 1.807) is 0 Å². The summed E-state index contributed by atoms with van der Waals surface area (Å²) in [6.07, 6.45) is 3.24. The predicted molar refractivity (Wildman–Crippen MR) is 71.5 cm³/mol. The first kappa shape index (κ1) is 15.8. The Bertz CT molecular complexity index is 656. The fourth-order valence-electron chi connectivity index (χ4n) is 2.19. The Morgan fingerprint density at radius 3 is 2.57 bits per heavy atom. The summed E-state index contributed by atoms with van der Waals surface area (Å²) in [7, 11) is -4.09. The highest BCUT2D eigenvalue weighted by Gasteiger charge is 2.25. The van der Waals surface area contributed by atoms with Crippen LogP contribution in [0.1, 0.15) is 31.2 Å². The van der Waals surface area contributed by atoms with Gasteiger partial charge in [-0.05, 0) is 31.4 Å². The van der Waals surface area contributed by atoms with Gasteiger partial charge in [-0.3, -0.25) is 15.0 Å². The number of rotatable bonds is 5. The van der Waals surface area contributed by atoms with E-state index in [1.165, 1.54) is 6.92 Å². The quantitative estimate of drug-likeness (QED) is 0.663. The lowest BCUT2D eigenvalue weighted by Crippen LogP contribution is -2.28. The highest BCUT2D eigenvalue weighted by atomic mass is 32.2. The summed E-state index contributed by atoms with van der Waals surface area (Å²) < 4.78 is 37.7. The summed E-state index contributed by atoms with van der Waals surface area (Å²) in [4.78, 5) is 16.4. The Labute approximate surface area is 121 Å². The molecular weight excluding hydrogens is 303 g/mol. The van der Waals surface area contributed by atoms with Gasteiger partial charge < -0.3 is 0 Å². The van der Waals surface area contributed by atoms with Crippen molar-refractivity contribution < 1.29 is 22.6 Å². The SMILES string of the molecule is Cc1cc(S(=O)(=O)NOC2CCCC2)cc([N+](=O)[O-])c1F. The number of benzene rings is 1. The minimum absolute atomic E-state index is 0.120. The molecule has 1 N–H and O–H groups in total. The van der Waals surface area contributed by atoms with E-state index in [4.69, 9.17) is 4.84 Å². The molecule has 21 heavy (non-hydrogen) atoms. The average Bonchev–Trinajstić information content (AvgIpc) is 2.92. The van der Waals surface area contributed by atoms with Crippen molar-refractivity contribution in [3.63, 3.8) is 0 Å². The molecule has 1 aromatic carbocycles. The molecule has 1 aromatic rings. The molecule has 2 rings (SSSR count). The molecule has 1 saturated carbocycles. The number of nitrogens with one attached hydrogen (secondary N) is 1. The Morgan fingerprint density at radius 1 is 1.38 bits per heavy atom. The number of halogens is 1. The maximum absolute atomic E-state index is 13.6. The molecule has 1 aliphatic carbocycles. The van der Waals surface area contributed by atoms with Crippen LogP contribution >= 0.6 is 0 Å². The maximum atomic E-state index is 13.6. The normalized spacial score (nSPS) is 16.3. The molecule has 0 unspecified atom stereocenters. The maximum Gasteiger partial charge on any atom is 0.306 e. The van der Waals surface area contributed by atoms with E-state index < -0.39 is 31.3 Å². The fourth-order valence-corrected chi connectivity index (χ4v) is 3.15. The zero-order chi connectivity index (χ0) is 15.6. The molecule has 1 fully saturated rings. The molecule has 1 aliphatic rings. The first-order valence-corrected chi connectivity index (χ1v) is 7.91. The van der Waals surface area contributed by atoms with Gasteiger partial charge in [-0.15, -0.1) is 0 Å². The van der Waals surface area contributed by atoms with Crippen LogP contribution in [0.4, 0.5) is 10.1 Å². The molecule has 0 aliphatic heterocycles. The summed E-state index contributed by atoms with van der Waals surface area (Å²) in [5.74, 6) is -1.05. The Hall–Kier alpha value is -1.58. The van der Waals surface area contributed by atoms with Crippen molar-refractivity contribution in [1.82, 2.24) is 4.89 Å². The van der Waals surface area contributed by atoms with Gasteiger partial charge in [-0.2, -0.15) is 4.39 Å². The molecule has 0 heterocycles. The van der Waals surface area contributed by atoms with E-state index in [-0.39, 0.29) is 11.7 Å². The van der Waals surface area contributed by atoms with E-state index in [1.807, 2.05) is 4.89 Å². The van der Waals surface area contributed by atoms with Crippen LogP contribution in [0.25, 0.3) is 0 Å². The predicted octanol–water partition coefficient (Wildman–Crippen LogP) is 2.19. The molecular formula is C12H15FN2O5S. The van der Waals surface area contributed by atoms with Crippen LogP contribution in [0.2, 0.25) is 0 Å². The molecule has 7 nitrogen and oxygen atoms in total. The van der Waals surface area contributed by atoms with Gasteiger partial charge in [-0.25, -0.2) is 8.42 Å². The summed E-state index contributed by atoms with van der Waals surface area (Å²) >= 11 is 0. The van der Waals surface area contributed by atoms with E-state index in [0.717, 1.165) is 31.7 Å². The van der Waals surface area contributed by atoms with Gasteiger partial charge in [0.25, 0.3) is 10.0 Å². The average molecular weight is 318 g/mol. The van der Waals surface area contributed by atoms with Gasteiger partial charge in [0, 0.05) is 6.07 Å². The van der Waals surface area contributed by atoms with Gasteiger partial charge in [0.2, 0.25) is 5.82 Å². The topological polar surface area (TPSA) is 98.5 Å². The van der Waals surface area contributed by atoms with Crippen LogP contribution in [0.15, 0.2) is 17.0 Å². The Morgan fingerprint density at radius 2 is 2.00 bits per heavy atom. The lowest BCUT2D eigenvalue weighted by atomic mass is 10.2. The van der Waals surface area contributed by atoms with Gasteiger partial charge in [0.15, 0.2) is 0 Å². The van der Waals surface area contributed by atoms with E-state index in [0.29, 0.717) is 6.07 Å². The third-order valence-electron chi connectivity index (χ3n) is 3.34. The molecule has 0 aromatic heterocycles. The number of nitro benzene ring substituents is 1. The van der Waals surface area contributed by atoms with Crippen LogP contribution in [0, 0.1) is 22.9 Å². The summed E-state index contributed by atoms with van der Waals surface area (Å²) in [5, 5.41) is 10.7. The number of nitrogens with zero attached hydrogens (tertiary/aromatic N) is 1. The van der Waals surface area contributed by atoms with Crippen molar-refractivity contribution in [1.29, 1.82) is 0 Å². The number of hydrogen-bond acceptors (Lipinski definition) is 5. The summed E-state index contributed by atoms with van der Waals surface area (Å²) in [6, 6.07) is 1.71. The van der Waals surface area contributed by atoms with Crippen molar-refractivity contribution in [3.05, 3.63) is 33.6 Å². The van der Waals surface area contributed by atoms with Crippen LogP contribution in [-0.4, -0.2) is 19.4 Å². The van der Waals surface area contributed by atoms with Crippen molar-refractivity contribution in [3.8, 4) is 0 Å². The zero-order valence-electron chi connectivity index (χ0n) is 11.3. The number of hydrogen-bond donors (Lipinski definition) is 1. The summed E-state index contributed by atoms with van der Waals surface area (Å²) in [5.41, 5.74) is -0.998. The number of nitro groups is 1. The third kappa shape index (κ3) is 3.55. The molecule has 0 atom stereocenters. The first-order chi connectivity index (χ1) is 9.81. The molecule has 0 spiro atoms. The van der Waals surface area contributed by atoms with E-state index in [9.17, 15) is 22.9 Å². The first-order valence-electron chi connectivity index (χ1n) is 6.43. The fraction of sp³-hybridized carbons (Fsp3) is 0.500. The van der Waals surface area contributed by atoms with Gasteiger partial charge >= 0.3 is 5.69 Å². The van der Waals surface area contributed by atoms with Crippen LogP contribution < -0.4 is 4.89 Å². The molecule has 0 saturated heterocycles. The number of sulfonamides is 1. The third-order valence-corrected chi connectivity index (χ3v) is 4.51. The smallest absolute Gasteiger partial charge is 0.284 e. The van der Waals surface area contributed by atoms with Gasteiger partial charge in [0.05, 0.1) is 15.9 Å². The molecule has 9 heteroatoms. The number of aryl methyl sites for hydroxylation is 1. The van der Waals surface area contributed by atoms with Crippen molar-refractivity contribution in [2.75, 3.05) is 0 Å². The van der Waals surface area contributed by atoms with Crippen LogP contribution in [-0.2, 0) is 14.9 Å². The van der Waals surface area contributed by atoms with E-state index in [2.05, 4.69) is 0 Å². The second-order valence-corrected chi connectivity index (χ2v) is 6.59. The van der Waals surface area contributed by atoms with Crippen LogP contribution in [0.5, 0.6) is 0 Å². The Balaban J connectivity index is 2.24. The molecule has 0 radical (unpaired) electrons. The second kappa shape index (κ2) is 6.04. The molecule has 116 valence electrons. The highest BCUT2D eigenvalue weighted by molar-refractivity contribution is 7.89. The Kier molecular flexibility index (Phi) is 4.55. The second-order valence-electron chi connectivity index (χ2n) is 4.94. The van der Waals surface area contributed by atoms with Crippen molar-refractivity contribution in [2.24, 2.45) is 0 Å². The molecule has 0 amide bonds. The lowest BCUT2D eigenvalue weighted by molar-refractivity contribution is -0.387. The largest absolute Gasteiger partial charge is 0.306 e. The zero-order valence-corrected chi connectivity index (χ0v) is 12.2. The lowest BCUT2D eigenvalue weighted by Gasteiger charge is -2.12. The van der Waals surface area contributed by atoms with Crippen molar-refractivity contribution in [2.45, 2.75) is 43.6 Å². The standard InChI is InChI=1S/C12H15FN2O5S/c1-8-6-10(7-11(12(8)13)15(16)17)21(18,19)14-20-9-4-2-3-5-9/h6-7,9,14H,2-5H2,1H3.